The Morgan fingerprint density at radius 1 is 0.974 bits per heavy atom. The van der Waals surface area contributed by atoms with Crippen molar-refractivity contribution in [1.82, 2.24) is 30.1 Å². The molecule has 0 aliphatic heterocycles. The summed E-state index contributed by atoms with van der Waals surface area (Å²) < 4.78 is 7.25. The van der Waals surface area contributed by atoms with Crippen LogP contribution in [0.3, 0.4) is 0 Å². The van der Waals surface area contributed by atoms with Crippen molar-refractivity contribution in [1.29, 1.82) is 0 Å². The Kier molecular flexibility index (Phi) is 8.13. The van der Waals surface area contributed by atoms with Crippen LogP contribution in [0.15, 0.2) is 83.7 Å². The van der Waals surface area contributed by atoms with Crippen LogP contribution in [0.4, 0.5) is 0 Å². The van der Waals surface area contributed by atoms with E-state index >= 15 is 0 Å². The molecule has 3 aromatic carbocycles. The summed E-state index contributed by atoms with van der Waals surface area (Å²) in [5, 5.41) is 13.9. The number of methoxy groups -OCH3 is 1. The fourth-order valence-electron chi connectivity index (χ4n) is 5.03. The van der Waals surface area contributed by atoms with Crippen molar-refractivity contribution in [2.75, 3.05) is 7.11 Å². The summed E-state index contributed by atoms with van der Waals surface area (Å²) in [6.45, 7) is 5.91. The lowest BCUT2D eigenvalue weighted by molar-refractivity contribution is 0.160. The van der Waals surface area contributed by atoms with Crippen molar-refractivity contribution in [3.63, 3.8) is 0 Å². The number of aryl methyl sites for hydroxylation is 3. The van der Waals surface area contributed by atoms with Gasteiger partial charge in [0.25, 0.3) is 5.56 Å². The van der Waals surface area contributed by atoms with E-state index < -0.39 is 0 Å². The third-order valence-corrected chi connectivity index (χ3v) is 7.14. The van der Waals surface area contributed by atoms with E-state index in [0.717, 1.165) is 46.4 Å². The van der Waals surface area contributed by atoms with Gasteiger partial charge in [0.05, 0.1) is 13.2 Å². The second-order valence-corrected chi connectivity index (χ2v) is 9.89. The number of fused-ring (bicyclic) bond motifs is 1. The lowest BCUT2D eigenvalue weighted by Gasteiger charge is -2.30. The number of aromatic nitrogens is 5. The van der Waals surface area contributed by atoms with Gasteiger partial charge in [-0.15, -0.1) is 5.10 Å². The van der Waals surface area contributed by atoms with Crippen molar-refractivity contribution in [2.24, 2.45) is 0 Å². The molecular weight excluding hydrogens is 488 g/mol. The Labute approximate surface area is 228 Å². The van der Waals surface area contributed by atoms with Crippen LogP contribution in [0, 0.1) is 6.92 Å². The van der Waals surface area contributed by atoms with Gasteiger partial charge in [0.15, 0.2) is 5.82 Å². The summed E-state index contributed by atoms with van der Waals surface area (Å²) in [5.74, 6) is 1.61. The van der Waals surface area contributed by atoms with E-state index in [4.69, 9.17) is 4.74 Å². The summed E-state index contributed by atoms with van der Waals surface area (Å²) in [6.07, 6.45) is 1.62. The number of nitrogens with zero attached hydrogens (tertiary/aromatic N) is 5. The molecular formula is C31H34N6O2. The smallest absolute Gasteiger partial charge is 0.252 e. The van der Waals surface area contributed by atoms with Crippen molar-refractivity contribution in [3.8, 4) is 5.75 Å². The lowest BCUT2D eigenvalue weighted by atomic mass is 10.1. The zero-order valence-corrected chi connectivity index (χ0v) is 22.7. The van der Waals surface area contributed by atoms with Gasteiger partial charge in [-0.3, -0.25) is 9.69 Å². The molecule has 0 fully saturated rings. The van der Waals surface area contributed by atoms with Gasteiger partial charge in [0, 0.05) is 30.7 Å². The molecule has 0 aliphatic carbocycles. The maximum Gasteiger partial charge on any atom is 0.252 e. The van der Waals surface area contributed by atoms with Crippen LogP contribution in [0.1, 0.15) is 47.5 Å². The number of ether oxygens (including phenoxy) is 1. The Morgan fingerprint density at radius 3 is 2.51 bits per heavy atom. The Morgan fingerprint density at radius 2 is 1.77 bits per heavy atom. The van der Waals surface area contributed by atoms with Crippen molar-refractivity contribution < 1.29 is 4.74 Å². The zero-order chi connectivity index (χ0) is 27.2. The SMILES string of the molecule is CCC(c1nnnn1CCc1ccccc1)N(Cc1ccc(OC)cc1)Cc1cc2ccc(C)cc2[nH]c1=O. The normalized spacial score (nSPS) is 12.2. The molecule has 0 aliphatic rings. The van der Waals surface area contributed by atoms with Gasteiger partial charge in [-0.2, -0.15) is 0 Å². The second-order valence-electron chi connectivity index (χ2n) is 9.89. The summed E-state index contributed by atoms with van der Waals surface area (Å²) in [5.41, 5.74) is 4.95. The average Bonchev–Trinajstić information content (AvgIpc) is 3.42. The molecule has 5 aromatic rings. The Bertz CT molecular complexity index is 1580. The number of hydrogen-bond donors (Lipinski definition) is 1. The molecule has 1 unspecified atom stereocenters. The Hall–Kier alpha value is -4.30. The molecule has 2 aromatic heterocycles. The van der Waals surface area contributed by atoms with E-state index in [1.165, 1.54) is 5.56 Å². The largest absolute Gasteiger partial charge is 0.497 e. The summed E-state index contributed by atoms with van der Waals surface area (Å²) in [6, 6.07) is 26.4. The third-order valence-electron chi connectivity index (χ3n) is 7.14. The van der Waals surface area contributed by atoms with Gasteiger partial charge in [0.1, 0.15) is 5.75 Å². The van der Waals surface area contributed by atoms with Gasteiger partial charge in [-0.1, -0.05) is 61.5 Å². The van der Waals surface area contributed by atoms with Gasteiger partial charge in [-0.05, 0) is 76.5 Å². The maximum absolute atomic E-state index is 13.2. The molecule has 1 atom stereocenters. The lowest BCUT2D eigenvalue weighted by Crippen LogP contribution is -2.32. The highest BCUT2D eigenvalue weighted by Crippen LogP contribution is 2.27. The minimum Gasteiger partial charge on any atom is -0.497 e. The van der Waals surface area contributed by atoms with Crippen LogP contribution in [-0.4, -0.2) is 37.2 Å². The first kappa shape index (κ1) is 26.3. The van der Waals surface area contributed by atoms with E-state index in [0.29, 0.717) is 25.2 Å². The molecule has 8 nitrogen and oxygen atoms in total. The predicted molar refractivity (Wildman–Crippen MR) is 153 cm³/mol. The molecule has 0 amide bonds. The van der Waals surface area contributed by atoms with Gasteiger partial charge >= 0.3 is 0 Å². The molecule has 0 spiro atoms. The van der Waals surface area contributed by atoms with E-state index in [2.05, 4.69) is 68.7 Å². The molecule has 1 N–H and O–H groups in total. The van der Waals surface area contributed by atoms with Crippen LogP contribution in [0.5, 0.6) is 5.75 Å². The highest BCUT2D eigenvalue weighted by Gasteiger charge is 2.26. The van der Waals surface area contributed by atoms with E-state index in [1.54, 1.807) is 7.11 Å². The van der Waals surface area contributed by atoms with Crippen LogP contribution in [0.25, 0.3) is 10.9 Å². The predicted octanol–water partition coefficient (Wildman–Crippen LogP) is 5.23. The molecule has 0 saturated heterocycles. The molecule has 39 heavy (non-hydrogen) atoms. The van der Waals surface area contributed by atoms with Crippen molar-refractivity contribution >= 4 is 10.9 Å². The standard InChI is InChI=1S/C31H34N6O2/c1-4-29(30-33-34-35-37(30)17-16-23-8-6-5-7-9-23)36(20-24-11-14-27(39-3)15-12-24)21-26-19-25-13-10-22(2)18-28(25)32-31(26)38/h5-15,18-19,29H,4,16-17,20-21H2,1-3H3,(H,32,38). The van der Waals surface area contributed by atoms with E-state index in [9.17, 15) is 4.79 Å². The summed E-state index contributed by atoms with van der Waals surface area (Å²) in [4.78, 5) is 18.6. The maximum atomic E-state index is 13.2. The number of rotatable bonds is 11. The average molecular weight is 523 g/mol. The topological polar surface area (TPSA) is 88.9 Å². The fraction of sp³-hybridized carbons (Fsp3) is 0.290. The Balaban J connectivity index is 1.47. The molecule has 5 rings (SSSR count). The van der Waals surface area contributed by atoms with Crippen molar-refractivity contribution in [3.05, 3.63) is 117 Å². The first-order valence-corrected chi connectivity index (χ1v) is 13.3. The van der Waals surface area contributed by atoms with Crippen LogP contribution >= 0.6 is 0 Å². The summed E-state index contributed by atoms with van der Waals surface area (Å²) >= 11 is 0. The number of hydrogen-bond acceptors (Lipinski definition) is 6. The van der Waals surface area contributed by atoms with E-state index in [-0.39, 0.29) is 11.6 Å². The van der Waals surface area contributed by atoms with E-state index in [1.807, 2.05) is 54.1 Å². The van der Waals surface area contributed by atoms with Crippen molar-refractivity contribution in [2.45, 2.75) is 52.4 Å². The first-order valence-electron chi connectivity index (χ1n) is 13.3. The molecule has 0 bridgehead atoms. The molecule has 8 heteroatoms. The third kappa shape index (κ3) is 6.23. The van der Waals surface area contributed by atoms with Gasteiger partial charge in [0.2, 0.25) is 0 Å². The quantitative estimate of drug-likeness (QED) is 0.256. The number of tetrazole rings is 1. The van der Waals surface area contributed by atoms with Gasteiger partial charge in [-0.25, -0.2) is 4.68 Å². The first-order chi connectivity index (χ1) is 19.0. The van der Waals surface area contributed by atoms with Crippen LogP contribution < -0.4 is 10.3 Å². The molecule has 2 heterocycles. The number of pyridine rings is 1. The fourth-order valence-corrected chi connectivity index (χ4v) is 5.03. The molecule has 0 saturated carbocycles. The number of H-pyrrole nitrogens is 1. The minimum atomic E-state index is -0.0917. The highest BCUT2D eigenvalue weighted by molar-refractivity contribution is 5.79. The van der Waals surface area contributed by atoms with Crippen LogP contribution in [-0.2, 0) is 26.1 Å². The monoisotopic (exact) mass is 522 g/mol. The number of nitrogens with one attached hydrogen (secondary N) is 1. The number of aromatic amines is 1. The minimum absolute atomic E-state index is 0.0775. The second kappa shape index (κ2) is 12.0. The highest BCUT2D eigenvalue weighted by atomic mass is 16.5. The summed E-state index contributed by atoms with van der Waals surface area (Å²) in [7, 11) is 1.66. The van der Waals surface area contributed by atoms with Crippen LogP contribution in [0.2, 0.25) is 0 Å². The molecule has 200 valence electrons. The molecule has 0 radical (unpaired) electrons. The number of benzene rings is 3. The zero-order valence-electron chi connectivity index (χ0n) is 22.7. The van der Waals surface area contributed by atoms with Gasteiger partial charge < -0.3 is 9.72 Å².